The topological polar surface area (TPSA) is 91.8 Å². The van der Waals surface area contributed by atoms with E-state index >= 15 is 0 Å². The van der Waals surface area contributed by atoms with Crippen LogP contribution in [-0.2, 0) is 0 Å². The first kappa shape index (κ1) is 12.9. The predicted octanol–water partition coefficient (Wildman–Crippen LogP) is 2.46. The molecule has 0 aliphatic heterocycles. The molecule has 0 saturated carbocycles. The lowest BCUT2D eigenvalue weighted by molar-refractivity contribution is -0.384. The molecule has 1 heterocycles. The van der Waals surface area contributed by atoms with Crippen molar-refractivity contribution in [1.82, 2.24) is 4.98 Å². The molecule has 0 aromatic carbocycles. The van der Waals surface area contributed by atoms with Crippen LogP contribution in [0.3, 0.4) is 0 Å². The quantitative estimate of drug-likeness (QED) is 0.624. The number of aromatic nitrogens is 1. The Labute approximate surface area is 99.4 Å². The Morgan fingerprint density at radius 3 is 2.71 bits per heavy atom. The highest BCUT2D eigenvalue weighted by molar-refractivity contribution is 5.64. The second-order valence-corrected chi connectivity index (χ2v) is 3.58. The molecule has 0 unspecified atom stereocenters. The number of nitriles is 1. The molecule has 0 aliphatic carbocycles. The second kappa shape index (κ2) is 5.80. The van der Waals surface area contributed by atoms with Gasteiger partial charge in [-0.15, -0.1) is 0 Å². The van der Waals surface area contributed by atoms with Crippen molar-refractivity contribution >= 4 is 11.5 Å². The number of nitrogens with zero attached hydrogens (tertiary/aromatic N) is 3. The molecule has 0 aliphatic rings. The molecular weight excluding hydrogens is 220 g/mol. The fourth-order valence-corrected chi connectivity index (χ4v) is 1.52. The van der Waals surface area contributed by atoms with Crippen LogP contribution in [0.15, 0.2) is 12.3 Å². The summed E-state index contributed by atoms with van der Waals surface area (Å²) in [6.07, 6.45) is 3.08. The van der Waals surface area contributed by atoms with Crippen LogP contribution in [0.2, 0.25) is 0 Å². The zero-order valence-electron chi connectivity index (χ0n) is 9.80. The molecule has 6 heteroatoms. The van der Waals surface area contributed by atoms with Crippen molar-refractivity contribution in [1.29, 1.82) is 5.26 Å². The van der Waals surface area contributed by atoms with Crippen molar-refractivity contribution in [2.24, 2.45) is 0 Å². The summed E-state index contributed by atoms with van der Waals surface area (Å²) in [5.74, 6) is 0.169. The van der Waals surface area contributed by atoms with Crippen LogP contribution in [0, 0.1) is 21.4 Å². The van der Waals surface area contributed by atoms with E-state index < -0.39 is 4.92 Å². The van der Waals surface area contributed by atoms with Crippen molar-refractivity contribution in [3.05, 3.63) is 27.9 Å². The summed E-state index contributed by atoms with van der Waals surface area (Å²) in [5.41, 5.74) is -0.222. The summed E-state index contributed by atoms with van der Waals surface area (Å²) in [4.78, 5) is 14.3. The fraction of sp³-hybridized carbons (Fsp3) is 0.455. The van der Waals surface area contributed by atoms with E-state index in [-0.39, 0.29) is 23.1 Å². The van der Waals surface area contributed by atoms with Gasteiger partial charge in [-0.3, -0.25) is 10.1 Å². The smallest absolute Gasteiger partial charge is 0.328 e. The van der Waals surface area contributed by atoms with Crippen LogP contribution < -0.4 is 5.32 Å². The Morgan fingerprint density at radius 1 is 1.59 bits per heavy atom. The third-order valence-electron chi connectivity index (χ3n) is 2.55. The maximum Gasteiger partial charge on any atom is 0.328 e. The lowest BCUT2D eigenvalue weighted by Crippen LogP contribution is -2.19. The molecule has 0 amide bonds. The van der Waals surface area contributed by atoms with Gasteiger partial charge in [-0.2, -0.15) is 5.26 Å². The van der Waals surface area contributed by atoms with E-state index in [4.69, 9.17) is 5.26 Å². The highest BCUT2D eigenvalue weighted by Crippen LogP contribution is 2.26. The average Bonchev–Trinajstić information content (AvgIpc) is 2.34. The van der Waals surface area contributed by atoms with Gasteiger partial charge in [-0.1, -0.05) is 13.8 Å². The molecule has 6 nitrogen and oxygen atoms in total. The van der Waals surface area contributed by atoms with Gasteiger partial charge in [0.1, 0.15) is 11.6 Å². The van der Waals surface area contributed by atoms with E-state index in [1.807, 2.05) is 13.8 Å². The third-order valence-corrected chi connectivity index (χ3v) is 2.55. The number of nitro groups is 1. The van der Waals surface area contributed by atoms with E-state index in [2.05, 4.69) is 10.3 Å². The minimum Gasteiger partial charge on any atom is -0.362 e. The summed E-state index contributed by atoms with van der Waals surface area (Å²) in [7, 11) is 0. The lowest BCUT2D eigenvalue weighted by Gasteiger charge is -2.15. The monoisotopic (exact) mass is 234 g/mol. The van der Waals surface area contributed by atoms with Gasteiger partial charge in [0.25, 0.3) is 0 Å². The second-order valence-electron chi connectivity index (χ2n) is 3.58. The highest BCUT2D eigenvalue weighted by atomic mass is 16.6. The summed E-state index contributed by atoms with van der Waals surface area (Å²) < 4.78 is 0. The molecule has 1 aromatic rings. The number of hydrogen-bond acceptors (Lipinski definition) is 5. The molecule has 0 fully saturated rings. The Bertz CT molecular complexity index is 449. The number of pyridine rings is 1. The largest absolute Gasteiger partial charge is 0.362 e. The first-order chi connectivity index (χ1) is 8.13. The van der Waals surface area contributed by atoms with E-state index in [0.717, 1.165) is 12.8 Å². The highest BCUT2D eigenvalue weighted by Gasteiger charge is 2.22. The molecule has 0 spiro atoms. The number of rotatable bonds is 5. The Hall–Kier alpha value is -2.16. The molecule has 1 rings (SSSR count). The van der Waals surface area contributed by atoms with Gasteiger partial charge in [0.05, 0.1) is 4.92 Å². The lowest BCUT2D eigenvalue weighted by atomic mass is 10.1. The van der Waals surface area contributed by atoms with Gasteiger partial charge in [0.15, 0.2) is 0 Å². The molecule has 0 radical (unpaired) electrons. The van der Waals surface area contributed by atoms with Gasteiger partial charge >= 0.3 is 5.69 Å². The minimum atomic E-state index is -0.573. The molecule has 0 bridgehead atoms. The Balaban J connectivity index is 3.15. The van der Waals surface area contributed by atoms with Crippen LogP contribution in [0.25, 0.3) is 0 Å². The molecule has 1 aromatic heterocycles. The van der Waals surface area contributed by atoms with E-state index in [9.17, 15) is 10.1 Å². The SMILES string of the molecule is CCC(CC)Nc1nccc(C#N)c1[N+](=O)[O-]. The van der Waals surface area contributed by atoms with Crippen molar-refractivity contribution < 1.29 is 4.92 Å². The van der Waals surface area contributed by atoms with Gasteiger partial charge < -0.3 is 5.32 Å². The molecule has 90 valence electrons. The summed E-state index contributed by atoms with van der Waals surface area (Å²) in [6.45, 7) is 3.97. The van der Waals surface area contributed by atoms with Crippen LogP contribution in [-0.4, -0.2) is 15.9 Å². The maximum absolute atomic E-state index is 10.9. The predicted molar refractivity (Wildman–Crippen MR) is 63.6 cm³/mol. The van der Waals surface area contributed by atoms with E-state index in [1.165, 1.54) is 12.3 Å². The summed E-state index contributed by atoms with van der Waals surface area (Å²) in [6, 6.07) is 3.27. The minimum absolute atomic E-state index is 0.0263. The Kier molecular flexibility index (Phi) is 4.40. The van der Waals surface area contributed by atoms with Crippen molar-refractivity contribution in [2.45, 2.75) is 32.7 Å². The standard InChI is InChI=1S/C11H14N4O2/c1-3-9(4-2)14-11-10(15(16)17)8(7-12)5-6-13-11/h5-6,9H,3-4H2,1-2H3,(H,13,14). The maximum atomic E-state index is 10.9. The van der Waals surface area contributed by atoms with Crippen LogP contribution >= 0.6 is 0 Å². The van der Waals surface area contributed by atoms with Gasteiger partial charge in [-0.25, -0.2) is 4.98 Å². The average molecular weight is 234 g/mol. The van der Waals surface area contributed by atoms with Crippen LogP contribution in [0.4, 0.5) is 11.5 Å². The van der Waals surface area contributed by atoms with Crippen molar-refractivity contribution in [3.8, 4) is 6.07 Å². The van der Waals surface area contributed by atoms with Gasteiger partial charge in [0, 0.05) is 12.2 Å². The van der Waals surface area contributed by atoms with E-state index in [0.29, 0.717) is 0 Å². The first-order valence-electron chi connectivity index (χ1n) is 5.44. The summed E-state index contributed by atoms with van der Waals surface area (Å²) in [5, 5.41) is 22.8. The van der Waals surface area contributed by atoms with Gasteiger partial charge in [0.2, 0.25) is 5.82 Å². The molecule has 17 heavy (non-hydrogen) atoms. The molecule has 0 atom stereocenters. The fourth-order valence-electron chi connectivity index (χ4n) is 1.52. The van der Waals surface area contributed by atoms with Crippen LogP contribution in [0.5, 0.6) is 0 Å². The Morgan fingerprint density at radius 2 is 2.24 bits per heavy atom. The molecular formula is C11H14N4O2. The summed E-state index contributed by atoms with van der Waals surface area (Å²) >= 11 is 0. The normalized spacial score (nSPS) is 10.0. The molecule has 0 saturated heterocycles. The third kappa shape index (κ3) is 2.91. The zero-order chi connectivity index (χ0) is 12.8. The number of hydrogen-bond donors (Lipinski definition) is 1. The first-order valence-corrected chi connectivity index (χ1v) is 5.44. The number of anilines is 1. The zero-order valence-corrected chi connectivity index (χ0v) is 9.80. The van der Waals surface area contributed by atoms with Crippen molar-refractivity contribution in [3.63, 3.8) is 0 Å². The van der Waals surface area contributed by atoms with E-state index in [1.54, 1.807) is 6.07 Å². The van der Waals surface area contributed by atoms with Crippen molar-refractivity contribution in [2.75, 3.05) is 5.32 Å². The van der Waals surface area contributed by atoms with Crippen LogP contribution in [0.1, 0.15) is 32.3 Å². The van der Waals surface area contributed by atoms with Gasteiger partial charge in [-0.05, 0) is 18.9 Å². The molecule has 1 N–H and O–H groups in total. The number of nitrogens with one attached hydrogen (secondary N) is 1.